The Morgan fingerprint density at radius 3 is 2.60 bits per heavy atom. The molecule has 3 heteroatoms. The van der Waals surface area contributed by atoms with E-state index in [0.717, 1.165) is 31.1 Å². The first kappa shape index (κ1) is 22.5. The fourth-order valence-corrected chi connectivity index (χ4v) is 8.58. The molecule has 0 aromatic rings. The van der Waals surface area contributed by atoms with Crippen molar-refractivity contribution in [2.75, 3.05) is 6.61 Å². The molecule has 1 unspecified atom stereocenters. The van der Waals surface area contributed by atoms with Gasteiger partial charge in [-0.05, 0) is 97.4 Å². The molecule has 4 rings (SSSR count). The van der Waals surface area contributed by atoms with E-state index in [1.54, 1.807) is 0 Å². The third kappa shape index (κ3) is 3.62. The fourth-order valence-electron chi connectivity index (χ4n) is 8.58. The Morgan fingerprint density at radius 2 is 1.87 bits per heavy atom. The van der Waals surface area contributed by atoms with Gasteiger partial charge in [0.2, 0.25) is 0 Å². The number of fused-ring (bicyclic) bond motifs is 5. The molecule has 0 spiro atoms. The highest BCUT2D eigenvalue weighted by atomic mass is 16.3. The van der Waals surface area contributed by atoms with E-state index in [-0.39, 0.29) is 17.3 Å². The van der Waals surface area contributed by atoms with Crippen molar-refractivity contribution in [3.05, 3.63) is 11.6 Å². The zero-order chi connectivity index (χ0) is 21.7. The first-order valence-corrected chi connectivity index (χ1v) is 12.7. The minimum absolute atomic E-state index is 0.128. The summed E-state index contributed by atoms with van der Waals surface area (Å²) in [6.45, 7) is 9.85. The van der Waals surface area contributed by atoms with Crippen molar-refractivity contribution in [1.29, 1.82) is 0 Å². The maximum Gasteiger partial charge on any atom is 0.155 e. The van der Waals surface area contributed by atoms with Crippen LogP contribution in [-0.4, -0.2) is 28.7 Å². The molecule has 0 bridgehead atoms. The van der Waals surface area contributed by atoms with Crippen molar-refractivity contribution in [2.24, 2.45) is 46.3 Å². The maximum atomic E-state index is 12.1. The van der Waals surface area contributed by atoms with Crippen LogP contribution in [0.15, 0.2) is 11.6 Å². The largest absolute Gasteiger partial charge is 0.396 e. The number of aliphatic hydroxyl groups excluding tert-OH is 2. The molecule has 0 amide bonds. The first-order chi connectivity index (χ1) is 14.2. The Morgan fingerprint density at radius 1 is 1.10 bits per heavy atom. The minimum Gasteiger partial charge on any atom is -0.396 e. The van der Waals surface area contributed by atoms with Crippen LogP contribution < -0.4 is 0 Å². The summed E-state index contributed by atoms with van der Waals surface area (Å²) >= 11 is 0. The average molecular weight is 417 g/mol. The third-order valence-electron chi connectivity index (χ3n) is 10.4. The smallest absolute Gasteiger partial charge is 0.155 e. The molecule has 170 valence electrons. The lowest BCUT2D eigenvalue weighted by Crippen LogP contribution is -2.55. The predicted octanol–water partition coefficient (Wildman–Crippen LogP) is 5.54. The van der Waals surface area contributed by atoms with Gasteiger partial charge in [0.1, 0.15) is 0 Å². The van der Waals surface area contributed by atoms with Crippen molar-refractivity contribution in [1.82, 2.24) is 0 Å². The molecule has 3 nitrogen and oxygen atoms in total. The van der Waals surface area contributed by atoms with Gasteiger partial charge in [-0.25, -0.2) is 0 Å². The molecule has 2 N–H and O–H groups in total. The van der Waals surface area contributed by atoms with Gasteiger partial charge < -0.3 is 10.2 Å². The molecule has 0 aliphatic heterocycles. The number of rotatable bonds is 6. The van der Waals surface area contributed by atoms with Crippen molar-refractivity contribution in [2.45, 2.75) is 98.0 Å². The molecule has 30 heavy (non-hydrogen) atoms. The lowest BCUT2D eigenvalue weighted by Gasteiger charge is -2.60. The number of aliphatic hydroxyl groups is 2. The SMILES string of the molecule is CC(CO)CCC[C@@H](C)[C@H]1CC[C@H]2[C@@H]3[C@@H](O)CC4=CC(=O)CC[C@]4(C)[C@H]3CC[C@]12C. The maximum absolute atomic E-state index is 12.1. The minimum atomic E-state index is -0.274. The first-order valence-electron chi connectivity index (χ1n) is 12.7. The van der Waals surface area contributed by atoms with Crippen LogP contribution in [0.2, 0.25) is 0 Å². The van der Waals surface area contributed by atoms with E-state index in [2.05, 4.69) is 27.7 Å². The van der Waals surface area contributed by atoms with Gasteiger partial charge in [-0.15, -0.1) is 0 Å². The Balaban J connectivity index is 1.50. The Kier molecular flexibility index (Phi) is 6.27. The highest BCUT2D eigenvalue weighted by Crippen LogP contribution is 2.67. The highest BCUT2D eigenvalue weighted by molar-refractivity contribution is 5.91. The van der Waals surface area contributed by atoms with Crippen molar-refractivity contribution >= 4 is 5.78 Å². The third-order valence-corrected chi connectivity index (χ3v) is 10.4. The van der Waals surface area contributed by atoms with Crippen LogP contribution in [0.5, 0.6) is 0 Å². The zero-order valence-corrected chi connectivity index (χ0v) is 19.7. The van der Waals surface area contributed by atoms with Crippen LogP contribution in [-0.2, 0) is 4.79 Å². The standard InChI is InChI=1S/C27H44O3/c1-17(16-28)6-5-7-18(2)21-8-9-22-25-23(11-13-27(21,22)4)26(3)12-10-20(29)14-19(26)15-24(25)30/h14,17-18,21-25,28,30H,5-13,15-16H2,1-4H3/t17?,18-,21-,22+,23+,24+,25+,26+,27-/m1/s1. The van der Waals surface area contributed by atoms with Gasteiger partial charge in [0.25, 0.3) is 0 Å². The summed E-state index contributed by atoms with van der Waals surface area (Å²) in [5.74, 6) is 3.75. The van der Waals surface area contributed by atoms with Crippen LogP contribution >= 0.6 is 0 Å². The normalized spacial score (nSPS) is 45.2. The van der Waals surface area contributed by atoms with E-state index in [4.69, 9.17) is 0 Å². The van der Waals surface area contributed by atoms with E-state index in [1.807, 2.05) is 6.08 Å². The van der Waals surface area contributed by atoms with Gasteiger partial charge in [0, 0.05) is 13.0 Å². The van der Waals surface area contributed by atoms with E-state index >= 15 is 0 Å². The molecule has 4 aliphatic rings. The summed E-state index contributed by atoms with van der Waals surface area (Å²) in [6, 6.07) is 0. The van der Waals surface area contributed by atoms with Crippen LogP contribution in [0, 0.1) is 46.3 Å². The molecule has 0 radical (unpaired) electrons. The van der Waals surface area contributed by atoms with Crippen LogP contribution in [0.4, 0.5) is 0 Å². The van der Waals surface area contributed by atoms with Gasteiger partial charge in [0.15, 0.2) is 5.78 Å². The second kappa shape index (κ2) is 8.35. The topological polar surface area (TPSA) is 57.5 Å². The fraction of sp³-hybridized carbons (Fsp3) is 0.889. The number of hydrogen-bond donors (Lipinski definition) is 2. The number of ketones is 1. The Bertz CT molecular complexity index is 684. The van der Waals surface area contributed by atoms with Crippen molar-refractivity contribution < 1.29 is 15.0 Å². The summed E-state index contributed by atoms with van der Waals surface area (Å²) in [4.78, 5) is 12.1. The molecule has 0 aromatic heterocycles. The van der Waals surface area contributed by atoms with Gasteiger partial charge in [-0.1, -0.05) is 46.1 Å². The lowest BCUT2D eigenvalue weighted by molar-refractivity contribution is -0.124. The van der Waals surface area contributed by atoms with Crippen LogP contribution in [0.1, 0.15) is 91.9 Å². The van der Waals surface area contributed by atoms with Gasteiger partial charge >= 0.3 is 0 Å². The highest BCUT2D eigenvalue weighted by Gasteiger charge is 2.61. The van der Waals surface area contributed by atoms with Crippen molar-refractivity contribution in [3.8, 4) is 0 Å². The molecular weight excluding hydrogens is 372 g/mol. The number of carbonyl (C=O) groups is 1. The number of hydrogen-bond acceptors (Lipinski definition) is 3. The predicted molar refractivity (Wildman–Crippen MR) is 121 cm³/mol. The number of carbonyl (C=O) groups excluding carboxylic acids is 1. The van der Waals surface area contributed by atoms with Gasteiger partial charge in [0.05, 0.1) is 6.10 Å². The van der Waals surface area contributed by atoms with E-state index in [9.17, 15) is 15.0 Å². The Labute approximate surface area is 183 Å². The van der Waals surface area contributed by atoms with Crippen LogP contribution in [0.3, 0.4) is 0 Å². The average Bonchev–Trinajstić information content (AvgIpc) is 3.06. The van der Waals surface area contributed by atoms with E-state index < -0.39 is 0 Å². The summed E-state index contributed by atoms with van der Waals surface area (Å²) in [6.07, 6.45) is 12.7. The van der Waals surface area contributed by atoms with E-state index in [1.165, 1.54) is 44.1 Å². The lowest BCUT2D eigenvalue weighted by atomic mass is 9.45. The quantitative estimate of drug-likeness (QED) is 0.598. The summed E-state index contributed by atoms with van der Waals surface area (Å²) in [5.41, 5.74) is 1.73. The van der Waals surface area contributed by atoms with E-state index in [0.29, 0.717) is 42.1 Å². The molecule has 3 saturated carbocycles. The monoisotopic (exact) mass is 416 g/mol. The molecule has 3 fully saturated rings. The zero-order valence-electron chi connectivity index (χ0n) is 19.7. The molecule has 0 heterocycles. The summed E-state index contributed by atoms with van der Waals surface area (Å²) in [5, 5.41) is 20.6. The summed E-state index contributed by atoms with van der Waals surface area (Å²) in [7, 11) is 0. The second-order valence-electron chi connectivity index (χ2n) is 12.0. The molecule has 9 atom stereocenters. The van der Waals surface area contributed by atoms with Crippen molar-refractivity contribution in [3.63, 3.8) is 0 Å². The molecular formula is C27H44O3. The van der Waals surface area contributed by atoms with Gasteiger partial charge in [-0.2, -0.15) is 0 Å². The Hall–Kier alpha value is -0.670. The molecule has 0 aromatic carbocycles. The molecule has 0 saturated heterocycles. The molecule has 4 aliphatic carbocycles. The second-order valence-corrected chi connectivity index (χ2v) is 12.0. The summed E-state index contributed by atoms with van der Waals surface area (Å²) < 4.78 is 0. The van der Waals surface area contributed by atoms with Gasteiger partial charge in [-0.3, -0.25) is 4.79 Å². The van der Waals surface area contributed by atoms with Crippen LogP contribution in [0.25, 0.3) is 0 Å².